The Morgan fingerprint density at radius 1 is 1.07 bits per heavy atom. The molecule has 0 radical (unpaired) electrons. The molecule has 0 atom stereocenters. The van der Waals surface area contributed by atoms with Crippen LogP contribution in [0.15, 0.2) is 70.1 Å². The van der Waals surface area contributed by atoms with E-state index in [0.29, 0.717) is 25.9 Å². The molecule has 0 saturated carbocycles. The van der Waals surface area contributed by atoms with Gasteiger partial charge in [0.25, 0.3) is 5.56 Å². The van der Waals surface area contributed by atoms with Crippen LogP contribution in [0, 0.1) is 0 Å². The molecule has 0 aliphatic carbocycles. The number of carbonyl (C=O) groups excluding carboxylic acids is 1. The van der Waals surface area contributed by atoms with Crippen LogP contribution in [0.3, 0.4) is 0 Å². The van der Waals surface area contributed by atoms with E-state index in [1.807, 2.05) is 42.5 Å². The number of hydrogen-bond acceptors (Lipinski definition) is 4. The van der Waals surface area contributed by atoms with Gasteiger partial charge in [-0.3, -0.25) is 14.6 Å². The third-order valence-corrected chi connectivity index (χ3v) is 4.50. The van der Waals surface area contributed by atoms with Crippen molar-refractivity contribution < 1.29 is 4.79 Å². The summed E-state index contributed by atoms with van der Waals surface area (Å²) in [5.74, 6) is -0.0715. The average Bonchev–Trinajstić information content (AvgIpc) is 2.69. The maximum atomic E-state index is 12.0. The Hall–Kier alpha value is -2.80. The van der Waals surface area contributed by atoms with E-state index in [-0.39, 0.29) is 11.5 Å². The zero-order valence-corrected chi connectivity index (χ0v) is 16.2. The van der Waals surface area contributed by atoms with E-state index in [2.05, 4.69) is 31.3 Å². The highest BCUT2D eigenvalue weighted by Crippen LogP contribution is 2.18. The van der Waals surface area contributed by atoms with E-state index in [0.717, 1.165) is 21.4 Å². The van der Waals surface area contributed by atoms with Crippen molar-refractivity contribution in [3.8, 4) is 11.3 Å². The van der Waals surface area contributed by atoms with Crippen LogP contribution in [-0.2, 0) is 17.9 Å². The van der Waals surface area contributed by atoms with Crippen molar-refractivity contribution in [2.45, 2.75) is 25.9 Å². The van der Waals surface area contributed by atoms with Crippen LogP contribution >= 0.6 is 15.9 Å². The van der Waals surface area contributed by atoms with Gasteiger partial charge in [0.2, 0.25) is 5.91 Å². The lowest BCUT2D eigenvalue weighted by Crippen LogP contribution is -2.25. The van der Waals surface area contributed by atoms with Crippen LogP contribution < -0.4 is 10.9 Å². The average molecular weight is 427 g/mol. The molecule has 3 aromatic rings. The van der Waals surface area contributed by atoms with E-state index in [9.17, 15) is 9.59 Å². The molecule has 3 rings (SSSR count). The molecule has 0 aliphatic heterocycles. The summed E-state index contributed by atoms with van der Waals surface area (Å²) in [5.41, 5.74) is 2.29. The van der Waals surface area contributed by atoms with Crippen molar-refractivity contribution in [2.75, 3.05) is 0 Å². The molecule has 0 aliphatic rings. The van der Waals surface area contributed by atoms with Crippen molar-refractivity contribution in [2.24, 2.45) is 0 Å². The monoisotopic (exact) mass is 426 g/mol. The molecule has 0 fully saturated rings. The SMILES string of the molecule is O=C(CCCn1nc(-c2ccc(Br)cc2)ccc1=O)NCc1ccccn1. The molecule has 0 spiro atoms. The number of pyridine rings is 1. The summed E-state index contributed by atoms with van der Waals surface area (Å²) in [5, 5.41) is 7.24. The molecule has 0 unspecified atom stereocenters. The number of aryl methyl sites for hydroxylation is 1. The Morgan fingerprint density at radius 3 is 2.63 bits per heavy atom. The van der Waals surface area contributed by atoms with E-state index >= 15 is 0 Å². The van der Waals surface area contributed by atoms with Crippen molar-refractivity contribution in [1.29, 1.82) is 0 Å². The summed E-state index contributed by atoms with van der Waals surface area (Å²) in [4.78, 5) is 28.1. The highest BCUT2D eigenvalue weighted by molar-refractivity contribution is 9.10. The van der Waals surface area contributed by atoms with Crippen molar-refractivity contribution in [3.05, 3.63) is 81.3 Å². The summed E-state index contributed by atoms with van der Waals surface area (Å²) in [7, 11) is 0. The number of rotatable bonds is 7. The van der Waals surface area contributed by atoms with Crippen LogP contribution in [0.2, 0.25) is 0 Å². The second-order valence-electron chi connectivity index (χ2n) is 5.99. The van der Waals surface area contributed by atoms with E-state index in [4.69, 9.17) is 0 Å². The van der Waals surface area contributed by atoms with Gasteiger partial charge in [0.1, 0.15) is 0 Å². The minimum absolute atomic E-state index is 0.0715. The quantitative estimate of drug-likeness (QED) is 0.629. The Morgan fingerprint density at radius 2 is 1.89 bits per heavy atom. The van der Waals surface area contributed by atoms with Crippen LogP contribution in [0.4, 0.5) is 0 Å². The van der Waals surface area contributed by atoms with Gasteiger partial charge in [-0.05, 0) is 36.8 Å². The predicted molar refractivity (Wildman–Crippen MR) is 107 cm³/mol. The predicted octanol–water partition coefficient (Wildman–Crippen LogP) is 3.16. The topological polar surface area (TPSA) is 76.9 Å². The van der Waals surface area contributed by atoms with Crippen LogP contribution in [0.1, 0.15) is 18.5 Å². The first-order valence-corrected chi connectivity index (χ1v) is 9.42. The lowest BCUT2D eigenvalue weighted by molar-refractivity contribution is -0.121. The van der Waals surface area contributed by atoms with Gasteiger partial charge in [0.15, 0.2) is 0 Å². The summed E-state index contributed by atoms with van der Waals surface area (Å²) in [6.07, 6.45) is 2.55. The number of amides is 1. The normalized spacial score (nSPS) is 10.6. The number of benzene rings is 1. The number of nitrogens with one attached hydrogen (secondary N) is 1. The molecule has 2 heterocycles. The molecule has 1 aromatic carbocycles. The summed E-state index contributed by atoms with van der Waals surface area (Å²) < 4.78 is 2.39. The van der Waals surface area contributed by atoms with Gasteiger partial charge >= 0.3 is 0 Å². The molecule has 7 heteroatoms. The highest BCUT2D eigenvalue weighted by Gasteiger charge is 2.06. The molecular formula is C20H19BrN4O2. The van der Waals surface area contributed by atoms with Crippen molar-refractivity contribution in [1.82, 2.24) is 20.1 Å². The summed E-state index contributed by atoms with van der Waals surface area (Å²) in [6.45, 7) is 0.789. The van der Waals surface area contributed by atoms with E-state index < -0.39 is 0 Å². The minimum Gasteiger partial charge on any atom is -0.350 e. The fourth-order valence-corrected chi connectivity index (χ4v) is 2.82. The van der Waals surface area contributed by atoms with Gasteiger partial charge in [0, 0.05) is 35.3 Å². The molecule has 27 heavy (non-hydrogen) atoms. The van der Waals surface area contributed by atoms with Gasteiger partial charge in [-0.1, -0.05) is 34.1 Å². The number of nitrogens with zero attached hydrogens (tertiary/aromatic N) is 3. The highest BCUT2D eigenvalue weighted by atomic mass is 79.9. The number of aromatic nitrogens is 3. The third-order valence-electron chi connectivity index (χ3n) is 3.97. The Balaban J connectivity index is 1.54. The van der Waals surface area contributed by atoms with Gasteiger partial charge in [-0.25, -0.2) is 4.68 Å². The van der Waals surface area contributed by atoms with Crippen molar-refractivity contribution >= 4 is 21.8 Å². The fraction of sp³-hybridized carbons (Fsp3) is 0.200. The lowest BCUT2D eigenvalue weighted by atomic mass is 10.1. The zero-order valence-electron chi connectivity index (χ0n) is 14.6. The number of hydrogen-bond donors (Lipinski definition) is 1. The zero-order chi connectivity index (χ0) is 19.1. The lowest BCUT2D eigenvalue weighted by Gasteiger charge is -2.08. The molecule has 0 bridgehead atoms. The second-order valence-corrected chi connectivity index (χ2v) is 6.90. The van der Waals surface area contributed by atoms with Crippen LogP contribution in [0.25, 0.3) is 11.3 Å². The Kier molecular flexibility index (Phi) is 6.49. The van der Waals surface area contributed by atoms with Gasteiger partial charge in [-0.2, -0.15) is 5.10 Å². The molecule has 1 amide bonds. The molecule has 0 saturated heterocycles. The molecule has 6 nitrogen and oxygen atoms in total. The first-order valence-electron chi connectivity index (χ1n) is 8.62. The van der Waals surface area contributed by atoms with Gasteiger partial charge in [0.05, 0.1) is 17.9 Å². The summed E-state index contributed by atoms with van der Waals surface area (Å²) >= 11 is 3.40. The first kappa shape index (κ1) is 19.0. The molecule has 2 aromatic heterocycles. The minimum atomic E-state index is -0.176. The van der Waals surface area contributed by atoms with E-state index in [1.165, 1.54) is 10.7 Å². The number of halogens is 1. The van der Waals surface area contributed by atoms with Gasteiger partial charge < -0.3 is 5.32 Å². The largest absolute Gasteiger partial charge is 0.350 e. The third kappa shape index (κ3) is 5.59. The maximum Gasteiger partial charge on any atom is 0.266 e. The second kappa shape index (κ2) is 9.23. The van der Waals surface area contributed by atoms with E-state index in [1.54, 1.807) is 12.3 Å². The standard InChI is InChI=1S/C20H19BrN4O2/c21-16-8-6-15(7-9-16)18-10-11-20(27)25(24-18)13-3-5-19(26)23-14-17-4-1-2-12-22-17/h1-2,4,6-12H,3,5,13-14H2,(H,23,26). The Bertz CT molecular complexity index is 956. The fourth-order valence-electron chi connectivity index (χ4n) is 2.55. The first-order chi connectivity index (χ1) is 13.1. The number of carbonyl (C=O) groups is 1. The van der Waals surface area contributed by atoms with Crippen molar-refractivity contribution in [3.63, 3.8) is 0 Å². The molecular weight excluding hydrogens is 408 g/mol. The molecule has 1 N–H and O–H groups in total. The van der Waals surface area contributed by atoms with Gasteiger partial charge in [-0.15, -0.1) is 0 Å². The Labute approximate surface area is 165 Å². The molecule has 138 valence electrons. The van der Waals surface area contributed by atoms with Crippen LogP contribution in [0.5, 0.6) is 0 Å². The van der Waals surface area contributed by atoms with Crippen LogP contribution in [-0.4, -0.2) is 20.7 Å². The maximum absolute atomic E-state index is 12.0. The smallest absolute Gasteiger partial charge is 0.266 e. The summed E-state index contributed by atoms with van der Waals surface area (Å²) in [6, 6.07) is 16.5.